The van der Waals surface area contributed by atoms with Gasteiger partial charge in [-0.25, -0.2) is 4.68 Å². The van der Waals surface area contributed by atoms with Gasteiger partial charge in [-0.15, -0.1) is 5.10 Å². The molecule has 0 aliphatic rings. The van der Waals surface area contributed by atoms with Crippen LogP contribution in [0.15, 0.2) is 83.8 Å². The Hall–Kier alpha value is -4.96. The highest BCUT2D eigenvalue weighted by atomic mass is 32.1. The molecule has 0 saturated carbocycles. The quantitative estimate of drug-likeness (QED) is 0.175. The standard InChI is InChI=1S/C33H31N5O4S/c1-4-5-9-18-42-26-15-12-22(13-16-26)31-34-33-38(36-31)32(39)29(43-33)20-24-21-37(25-10-7-6-8-11-25)35-30(24)23-14-17-27(40-2)28(19-23)41-3/h6-8,10-17,19-21H,4-5,9,18H2,1-3H3/b29-20-. The lowest BCUT2D eigenvalue weighted by molar-refractivity contribution is 0.306. The van der Waals surface area contributed by atoms with E-state index in [0.29, 0.717) is 39.1 Å². The van der Waals surface area contributed by atoms with Gasteiger partial charge in [-0.1, -0.05) is 49.3 Å². The molecule has 0 radical (unpaired) electrons. The molecule has 0 amide bonds. The molecule has 0 N–H and O–H groups in total. The minimum atomic E-state index is -0.236. The zero-order chi connectivity index (χ0) is 29.8. The lowest BCUT2D eigenvalue weighted by atomic mass is 10.1. The van der Waals surface area contributed by atoms with Crippen molar-refractivity contribution in [3.63, 3.8) is 0 Å². The van der Waals surface area contributed by atoms with Gasteiger partial charge in [0.05, 0.1) is 31.0 Å². The number of ether oxygens (including phenoxy) is 3. The molecule has 3 aromatic carbocycles. The highest BCUT2D eigenvalue weighted by Crippen LogP contribution is 2.33. The summed E-state index contributed by atoms with van der Waals surface area (Å²) < 4.78 is 20.4. The van der Waals surface area contributed by atoms with Gasteiger partial charge in [-0.3, -0.25) is 4.79 Å². The van der Waals surface area contributed by atoms with Crippen LogP contribution < -0.4 is 24.3 Å². The van der Waals surface area contributed by atoms with Gasteiger partial charge in [-0.2, -0.15) is 14.6 Å². The average Bonchev–Trinajstić information content (AvgIpc) is 3.74. The van der Waals surface area contributed by atoms with E-state index in [1.54, 1.807) is 18.9 Å². The fourth-order valence-electron chi connectivity index (χ4n) is 4.75. The van der Waals surface area contributed by atoms with E-state index in [9.17, 15) is 4.79 Å². The van der Waals surface area contributed by atoms with Crippen LogP contribution in [-0.4, -0.2) is 45.2 Å². The van der Waals surface area contributed by atoms with Crippen LogP contribution in [0.25, 0.3) is 39.4 Å². The Morgan fingerprint density at radius 1 is 0.884 bits per heavy atom. The summed E-state index contributed by atoms with van der Waals surface area (Å²) in [6, 6.07) is 23.1. The monoisotopic (exact) mass is 593 g/mol. The molecule has 0 fully saturated rings. The van der Waals surface area contributed by atoms with Crippen LogP contribution in [-0.2, 0) is 0 Å². The molecule has 0 atom stereocenters. The summed E-state index contributed by atoms with van der Waals surface area (Å²) >= 11 is 1.29. The van der Waals surface area contributed by atoms with Crippen molar-refractivity contribution in [2.24, 2.45) is 0 Å². The summed E-state index contributed by atoms with van der Waals surface area (Å²) in [4.78, 5) is 18.6. The van der Waals surface area contributed by atoms with Crippen molar-refractivity contribution in [1.29, 1.82) is 0 Å². The first-order valence-electron chi connectivity index (χ1n) is 14.1. The number of methoxy groups -OCH3 is 2. The highest BCUT2D eigenvalue weighted by molar-refractivity contribution is 7.15. The number of hydrogen-bond donors (Lipinski definition) is 0. The molecular weight excluding hydrogens is 562 g/mol. The van der Waals surface area contributed by atoms with E-state index in [1.165, 1.54) is 15.9 Å². The molecule has 10 heteroatoms. The predicted molar refractivity (Wildman–Crippen MR) is 168 cm³/mol. The van der Waals surface area contributed by atoms with E-state index in [-0.39, 0.29) is 5.56 Å². The van der Waals surface area contributed by atoms with Gasteiger partial charge in [0, 0.05) is 22.9 Å². The van der Waals surface area contributed by atoms with Crippen LogP contribution in [0.3, 0.4) is 0 Å². The third-order valence-corrected chi connectivity index (χ3v) is 7.98. The Balaban J connectivity index is 1.36. The van der Waals surface area contributed by atoms with Gasteiger partial charge in [0.15, 0.2) is 17.3 Å². The second kappa shape index (κ2) is 12.5. The van der Waals surface area contributed by atoms with Crippen LogP contribution in [0, 0.1) is 0 Å². The molecule has 0 aliphatic carbocycles. The zero-order valence-electron chi connectivity index (χ0n) is 24.2. The second-order valence-electron chi connectivity index (χ2n) is 9.91. The van der Waals surface area contributed by atoms with Crippen molar-refractivity contribution in [3.8, 4) is 45.6 Å². The predicted octanol–water partition coefficient (Wildman–Crippen LogP) is 5.80. The number of aromatic nitrogens is 5. The SMILES string of the molecule is CCCCCOc1ccc(-c2nc3s/c(=C\c4cn(-c5ccccc5)nc4-c4ccc(OC)c(OC)c4)c(=O)n3n2)cc1. The van der Waals surface area contributed by atoms with E-state index < -0.39 is 0 Å². The van der Waals surface area contributed by atoms with Crippen molar-refractivity contribution < 1.29 is 14.2 Å². The smallest absolute Gasteiger partial charge is 0.291 e. The molecule has 0 bridgehead atoms. The van der Waals surface area contributed by atoms with Gasteiger partial charge in [0.1, 0.15) is 11.4 Å². The topological polar surface area (TPSA) is 92.8 Å². The fraction of sp³-hybridized carbons (Fsp3) is 0.212. The van der Waals surface area contributed by atoms with Crippen molar-refractivity contribution in [2.75, 3.05) is 20.8 Å². The molecule has 0 saturated heterocycles. The van der Waals surface area contributed by atoms with Gasteiger partial charge < -0.3 is 14.2 Å². The molecule has 0 unspecified atom stereocenters. The number of fused-ring (bicyclic) bond motifs is 1. The fourth-order valence-corrected chi connectivity index (χ4v) is 5.65. The third-order valence-electron chi connectivity index (χ3n) is 7.02. The van der Waals surface area contributed by atoms with Crippen molar-refractivity contribution in [1.82, 2.24) is 24.4 Å². The lowest BCUT2D eigenvalue weighted by Gasteiger charge is -2.09. The first-order valence-corrected chi connectivity index (χ1v) is 14.9. The van der Waals surface area contributed by atoms with Crippen LogP contribution in [0.2, 0.25) is 0 Å². The molecule has 3 aromatic heterocycles. The summed E-state index contributed by atoms with van der Waals surface area (Å²) in [7, 11) is 3.20. The van der Waals surface area contributed by atoms with E-state index in [2.05, 4.69) is 17.0 Å². The average molecular weight is 594 g/mol. The first kappa shape index (κ1) is 28.2. The number of para-hydroxylation sites is 1. The summed E-state index contributed by atoms with van der Waals surface area (Å²) in [5.41, 5.74) is 3.77. The zero-order valence-corrected chi connectivity index (χ0v) is 25.0. The van der Waals surface area contributed by atoms with Gasteiger partial charge in [-0.05, 0) is 67.1 Å². The summed E-state index contributed by atoms with van der Waals surface area (Å²) in [6.45, 7) is 2.87. The molecular formula is C33H31N5O4S. The minimum Gasteiger partial charge on any atom is -0.494 e. The van der Waals surface area contributed by atoms with Gasteiger partial charge in [0.25, 0.3) is 5.56 Å². The van der Waals surface area contributed by atoms with Gasteiger partial charge in [0.2, 0.25) is 4.96 Å². The van der Waals surface area contributed by atoms with E-state index in [4.69, 9.17) is 19.3 Å². The normalized spacial score (nSPS) is 11.7. The van der Waals surface area contributed by atoms with Crippen LogP contribution in [0.4, 0.5) is 0 Å². The molecule has 3 heterocycles. The number of hydrogen-bond acceptors (Lipinski definition) is 8. The molecule has 9 nitrogen and oxygen atoms in total. The van der Waals surface area contributed by atoms with Gasteiger partial charge >= 0.3 is 0 Å². The molecule has 218 valence electrons. The van der Waals surface area contributed by atoms with Crippen LogP contribution >= 0.6 is 11.3 Å². The third kappa shape index (κ3) is 5.87. The Morgan fingerprint density at radius 3 is 2.37 bits per heavy atom. The van der Waals surface area contributed by atoms with E-state index >= 15 is 0 Å². The maximum Gasteiger partial charge on any atom is 0.291 e. The second-order valence-corrected chi connectivity index (χ2v) is 10.9. The number of rotatable bonds is 11. The highest BCUT2D eigenvalue weighted by Gasteiger charge is 2.16. The number of nitrogens with zero attached hydrogens (tertiary/aromatic N) is 5. The van der Waals surface area contributed by atoms with Crippen molar-refractivity contribution in [3.05, 3.63) is 99.4 Å². The Morgan fingerprint density at radius 2 is 1.65 bits per heavy atom. The lowest BCUT2D eigenvalue weighted by Crippen LogP contribution is -2.23. The Labute approximate surface area is 252 Å². The van der Waals surface area contributed by atoms with Crippen molar-refractivity contribution >= 4 is 22.4 Å². The molecule has 43 heavy (non-hydrogen) atoms. The van der Waals surface area contributed by atoms with Crippen LogP contribution in [0.1, 0.15) is 31.7 Å². The van der Waals surface area contributed by atoms with E-state index in [1.807, 2.05) is 85.1 Å². The molecule has 0 spiro atoms. The minimum absolute atomic E-state index is 0.236. The van der Waals surface area contributed by atoms with Crippen molar-refractivity contribution in [2.45, 2.75) is 26.2 Å². The largest absolute Gasteiger partial charge is 0.494 e. The maximum atomic E-state index is 13.5. The summed E-state index contributed by atoms with van der Waals surface area (Å²) in [6.07, 6.45) is 7.09. The molecule has 6 rings (SSSR count). The Bertz CT molecular complexity index is 1960. The summed E-state index contributed by atoms with van der Waals surface area (Å²) in [5, 5.41) is 9.41. The number of benzene rings is 3. The van der Waals surface area contributed by atoms with E-state index in [0.717, 1.165) is 47.4 Å². The molecule has 6 aromatic rings. The summed E-state index contributed by atoms with van der Waals surface area (Å²) in [5.74, 6) is 2.52. The number of unbranched alkanes of at least 4 members (excludes halogenated alkanes) is 2. The Kier molecular flexibility index (Phi) is 8.19. The van der Waals surface area contributed by atoms with Crippen LogP contribution in [0.5, 0.6) is 17.2 Å². The first-order chi connectivity index (χ1) is 21.1. The molecule has 0 aliphatic heterocycles. The maximum absolute atomic E-state index is 13.5. The number of thiazole rings is 1.